The Morgan fingerprint density at radius 1 is 0.526 bits per heavy atom. The van der Waals surface area contributed by atoms with Gasteiger partial charge in [-0.1, -0.05) is 18.2 Å². The van der Waals surface area contributed by atoms with Gasteiger partial charge in [-0.15, -0.1) is 0 Å². The zero-order valence-electron chi connectivity index (χ0n) is 23.0. The van der Waals surface area contributed by atoms with Crippen molar-refractivity contribution < 1.29 is 127 Å². The monoisotopic (exact) mass is 602 g/mol. The van der Waals surface area contributed by atoms with E-state index in [1.165, 1.54) is 28.2 Å². The summed E-state index contributed by atoms with van der Waals surface area (Å²) in [7, 11) is -12.4. The van der Waals surface area contributed by atoms with Crippen molar-refractivity contribution in [3.8, 4) is 0 Å². The standard InChI is InChI=1S/C4H5N3O3S.C4H11NO3S.2C2H7NO3S.4Li/c1-5-3-7(4-6-2)11(8,9)10;1-3-5(4-2)9(6,7)8;2*1-3(2)7(4,5)6;;;;/h3-4H2,(H,8,9,10);3-4H2,1-2H3,(H,6,7,8);2*1-2H3,(H,4,5,6);;;;/q;;;;4*+1/p-4. The molecule has 0 aromatic carbocycles. The average Bonchev–Trinajstić information content (AvgIpc) is 2.60. The first-order chi connectivity index (χ1) is 14.9. The second-order valence-corrected chi connectivity index (χ2v) is 11.4. The van der Waals surface area contributed by atoms with Gasteiger partial charge in [0.15, 0.2) is 41.2 Å². The molecule has 204 valence electrons. The van der Waals surface area contributed by atoms with E-state index in [0.29, 0.717) is 8.61 Å². The van der Waals surface area contributed by atoms with E-state index < -0.39 is 54.6 Å². The Bertz CT molecular complexity index is 1040. The molecule has 0 spiro atoms. The van der Waals surface area contributed by atoms with E-state index in [1.54, 1.807) is 13.8 Å². The second kappa shape index (κ2) is 28.0. The van der Waals surface area contributed by atoms with E-state index in [4.69, 9.17) is 13.1 Å². The summed E-state index contributed by atoms with van der Waals surface area (Å²) in [6.45, 7) is 15.1. The molecule has 0 fully saturated rings. The van der Waals surface area contributed by atoms with Gasteiger partial charge in [-0.2, -0.15) is 0 Å². The van der Waals surface area contributed by atoms with Gasteiger partial charge in [0.25, 0.3) is 13.3 Å². The first-order valence-corrected chi connectivity index (χ1v) is 13.7. The van der Waals surface area contributed by atoms with E-state index in [-0.39, 0.29) is 92.8 Å². The SMILES string of the molecule is CCN(CC)S(=O)(=O)[O-].CN(C)S(=O)(=O)[O-].CN(C)S(=O)(=O)[O-].[C-]#[N+]CN(C[N+]#[C-])S(=O)(=O)[O-].[Li+].[Li+].[Li+].[Li+]. The molecule has 0 aliphatic carbocycles. The van der Waals surface area contributed by atoms with Crippen LogP contribution >= 0.6 is 0 Å². The van der Waals surface area contributed by atoms with Gasteiger partial charge < -0.3 is 18.2 Å². The number of hydrogen-bond acceptors (Lipinski definition) is 12. The van der Waals surface area contributed by atoms with Crippen LogP contribution in [0.4, 0.5) is 0 Å². The molecule has 26 heteroatoms. The van der Waals surface area contributed by atoms with Gasteiger partial charge in [0, 0.05) is 41.3 Å². The van der Waals surface area contributed by atoms with E-state index in [2.05, 4.69) is 9.69 Å². The molecular weight excluding hydrogens is 576 g/mol. The topological polar surface area (TPSA) is 250 Å². The van der Waals surface area contributed by atoms with Crippen LogP contribution in [0.25, 0.3) is 9.69 Å². The van der Waals surface area contributed by atoms with Gasteiger partial charge in [-0.25, -0.2) is 59.7 Å². The zero-order valence-corrected chi connectivity index (χ0v) is 26.3. The fourth-order valence-electron chi connectivity index (χ4n) is 0.884. The summed E-state index contributed by atoms with van der Waals surface area (Å²) in [4.78, 5) is 5.35. The number of nitrogens with zero attached hydrogens (tertiary/aromatic N) is 6. The van der Waals surface area contributed by atoms with Crippen LogP contribution < -0.4 is 75.4 Å². The number of hydrogen-bond donors (Lipinski definition) is 0. The van der Waals surface area contributed by atoms with Crippen molar-refractivity contribution in [3.63, 3.8) is 0 Å². The van der Waals surface area contributed by atoms with Crippen LogP contribution in [-0.4, -0.2) is 124 Å². The first kappa shape index (κ1) is 58.5. The average molecular weight is 602 g/mol. The third-order valence-corrected chi connectivity index (χ3v) is 6.49. The summed E-state index contributed by atoms with van der Waals surface area (Å²) in [6.07, 6.45) is 0. The molecule has 0 aromatic rings. The third kappa shape index (κ3) is 39.0. The maximum Gasteiger partial charge on any atom is 1.00 e. The van der Waals surface area contributed by atoms with Crippen molar-refractivity contribution in [3.05, 3.63) is 22.8 Å². The fourth-order valence-corrected chi connectivity index (χ4v) is 1.91. The predicted octanol–water partition coefficient (Wildman–Crippen LogP) is -14.7. The van der Waals surface area contributed by atoms with E-state index in [9.17, 15) is 51.9 Å². The van der Waals surface area contributed by atoms with Crippen LogP contribution in [0.5, 0.6) is 0 Å². The smallest absolute Gasteiger partial charge is 0.735 e. The molecule has 0 unspecified atom stereocenters. The third-order valence-electron chi connectivity index (χ3n) is 2.69. The quantitative estimate of drug-likeness (QED) is 0.143. The van der Waals surface area contributed by atoms with Gasteiger partial charge >= 0.3 is 75.4 Å². The van der Waals surface area contributed by atoms with E-state index >= 15 is 0 Å². The van der Waals surface area contributed by atoms with Crippen LogP contribution in [0.3, 0.4) is 0 Å². The van der Waals surface area contributed by atoms with Gasteiger partial charge in [0.05, 0.1) is 0 Å². The molecule has 0 aliphatic heterocycles. The van der Waals surface area contributed by atoms with Crippen molar-refractivity contribution in [2.45, 2.75) is 13.8 Å². The van der Waals surface area contributed by atoms with Gasteiger partial charge in [0.1, 0.15) is 0 Å². The molecule has 0 aromatic heterocycles. The van der Waals surface area contributed by atoms with Gasteiger partial charge in [0.2, 0.25) is 0 Å². The molecule has 0 heterocycles. The minimum Gasteiger partial charge on any atom is -0.735 e. The fraction of sp³-hybridized carbons (Fsp3) is 0.833. The van der Waals surface area contributed by atoms with Crippen LogP contribution in [0.1, 0.15) is 13.8 Å². The minimum absolute atomic E-state index is 0. The summed E-state index contributed by atoms with van der Waals surface area (Å²) < 4.78 is 122. The predicted molar refractivity (Wildman–Crippen MR) is 114 cm³/mol. The molecule has 38 heavy (non-hydrogen) atoms. The Hall–Kier alpha value is 0.850. The summed E-state index contributed by atoms with van der Waals surface area (Å²) in [5.41, 5.74) is 0. The number of rotatable bonds is 8. The summed E-state index contributed by atoms with van der Waals surface area (Å²) >= 11 is 0. The van der Waals surface area contributed by atoms with Gasteiger partial charge in [-0.05, 0) is 0 Å². The molecule has 0 amide bonds. The van der Waals surface area contributed by atoms with E-state index in [1.807, 2.05) is 0 Å². The Morgan fingerprint density at radius 3 is 0.763 bits per heavy atom. The van der Waals surface area contributed by atoms with Crippen molar-refractivity contribution in [2.75, 3.05) is 54.6 Å². The zero-order chi connectivity index (χ0) is 28.6. The van der Waals surface area contributed by atoms with Crippen LogP contribution in [0.2, 0.25) is 0 Å². The van der Waals surface area contributed by atoms with Crippen LogP contribution in [0, 0.1) is 13.1 Å². The molecule has 0 atom stereocenters. The molecule has 0 saturated heterocycles. The molecule has 0 bridgehead atoms. The molecule has 0 saturated carbocycles. The van der Waals surface area contributed by atoms with Crippen LogP contribution in [0.15, 0.2) is 0 Å². The summed E-state index contributed by atoms with van der Waals surface area (Å²) in [5, 5.41) is 0. The Balaban J connectivity index is -0.0000000517. The largest absolute Gasteiger partial charge is 1.00 e. The second-order valence-electron chi connectivity index (χ2n) is 5.53. The summed E-state index contributed by atoms with van der Waals surface area (Å²) in [6, 6.07) is 0. The maximum absolute atomic E-state index is 10.2. The van der Waals surface area contributed by atoms with Crippen molar-refractivity contribution in [1.82, 2.24) is 17.2 Å². The van der Waals surface area contributed by atoms with Crippen molar-refractivity contribution >= 4 is 41.2 Å². The molecule has 0 rings (SSSR count). The Labute approximate surface area is 274 Å². The summed E-state index contributed by atoms with van der Waals surface area (Å²) in [5.74, 6) is 0. The maximum atomic E-state index is 10.2. The molecule has 0 aliphatic rings. The Morgan fingerprint density at radius 2 is 0.711 bits per heavy atom. The normalized spacial score (nSPS) is 10.6. The van der Waals surface area contributed by atoms with E-state index in [0.717, 1.165) is 4.31 Å². The minimum atomic E-state index is -4.63. The molecule has 0 radical (unpaired) electrons. The molecule has 0 N–H and O–H groups in total. The van der Waals surface area contributed by atoms with Crippen LogP contribution in [-0.2, 0) is 41.2 Å². The molecular formula is C12H26Li4N6O12S4. The van der Waals surface area contributed by atoms with Gasteiger partial charge in [-0.3, -0.25) is 9.69 Å². The van der Waals surface area contributed by atoms with Crippen molar-refractivity contribution in [1.29, 1.82) is 0 Å². The first-order valence-electron chi connectivity index (χ1n) is 8.28. The van der Waals surface area contributed by atoms with Crippen molar-refractivity contribution in [2.24, 2.45) is 0 Å². The Kier molecular flexibility index (Phi) is 43.1. The molecule has 18 nitrogen and oxygen atoms in total.